The third kappa shape index (κ3) is 4.51. The number of aromatic carboxylic acids is 1. The first-order valence-corrected chi connectivity index (χ1v) is 13.2. The summed E-state index contributed by atoms with van der Waals surface area (Å²) in [5.74, 6) is -2.24. The van der Waals surface area contributed by atoms with Crippen molar-refractivity contribution in [1.29, 1.82) is 0 Å². The smallest absolute Gasteiger partial charge is 0.337 e. The average Bonchev–Trinajstić information content (AvgIpc) is 2.76. The van der Waals surface area contributed by atoms with E-state index < -0.39 is 11.9 Å². The fourth-order valence-corrected chi connectivity index (χ4v) is 7.09. The molecule has 0 spiro atoms. The van der Waals surface area contributed by atoms with Crippen LogP contribution in [0.1, 0.15) is 33.0 Å². The molecule has 0 fully saturated rings. The van der Waals surface area contributed by atoms with Gasteiger partial charge >= 0.3 is 5.97 Å². The molecule has 3 aromatic rings. The van der Waals surface area contributed by atoms with Crippen molar-refractivity contribution in [2.75, 3.05) is 0 Å². The Morgan fingerprint density at radius 3 is 1.62 bits per heavy atom. The van der Waals surface area contributed by atoms with Gasteiger partial charge in [-0.25, -0.2) is 4.79 Å². The molecule has 176 valence electrons. The molecule has 14 heteroatoms. The largest absolute Gasteiger partial charge is 0.505 e. The van der Waals surface area contributed by atoms with E-state index in [1.165, 1.54) is 0 Å². The van der Waals surface area contributed by atoms with Crippen molar-refractivity contribution in [3.05, 3.63) is 72.4 Å². The van der Waals surface area contributed by atoms with Gasteiger partial charge in [-0.3, -0.25) is 0 Å². The van der Waals surface area contributed by atoms with Gasteiger partial charge in [0.1, 0.15) is 31.9 Å². The van der Waals surface area contributed by atoms with E-state index in [-0.39, 0.29) is 89.4 Å². The van der Waals surface area contributed by atoms with Crippen molar-refractivity contribution in [2.24, 2.45) is 0 Å². The summed E-state index contributed by atoms with van der Waals surface area (Å²) < 4.78 is 7.04. The van der Waals surface area contributed by atoms with E-state index >= 15 is 0 Å². The number of phenols is 2. The van der Waals surface area contributed by atoms with Crippen molar-refractivity contribution in [2.45, 2.75) is 5.92 Å². The Labute approximate surface area is 265 Å². The zero-order valence-electron chi connectivity index (χ0n) is 15.9. The second kappa shape index (κ2) is 10.7. The molecule has 1 aliphatic heterocycles. The van der Waals surface area contributed by atoms with Crippen LogP contribution in [0.5, 0.6) is 23.0 Å². The maximum absolute atomic E-state index is 12.3. The minimum Gasteiger partial charge on any atom is -0.505 e. The molecule has 1 aliphatic rings. The van der Waals surface area contributed by atoms with Gasteiger partial charge in [-0.15, -0.1) is 0 Å². The minimum atomic E-state index is -1.38. The zero-order chi connectivity index (χ0) is 24.5. The van der Waals surface area contributed by atoms with Crippen LogP contribution >= 0.6 is 110 Å². The minimum absolute atomic E-state index is 0. The summed E-state index contributed by atoms with van der Waals surface area (Å²) in [7, 11) is 0. The molecule has 0 saturated carbocycles. The van der Waals surface area contributed by atoms with Gasteiger partial charge in [0.25, 0.3) is 0 Å². The average molecular weight is 879 g/mol. The molecule has 0 unspecified atom stereocenters. The Morgan fingerprint density at radius 2 is 1.21 bits per heavy atom. The standard InChI is InChI=1S/C20H6Br4Cl4O5.Zr/c21-5-1-3-7(8-9(20(31)32)13(26)15(28)14(27)12(8)25)4-2-6(22)17(30)11(24)19(4)33-18(3)10(23)16(5)29;/h1-2,7,29-30H,(H,31,32);. The summed E-state index contributed by atoms with van der Waals surface area (Å²) in [6.45, 7) is 0. The quantitative estimate of drug-likeness (QED) is 0.138. The van der Waals surface area contributed by atoms with Crippen LogP contribution in [-0.2, 0) is 26.2 Å². The number of hydrogen-bond donors (Lipinski definition) is 3. The van der Waals surface area contributed by atoms with E-state index in [1.807, 2.05) is 0 Å². The number of ether oxygens (including phenoxy) is 1. The molecule has 0 atom stereocenters. The molecule has 0 saturated heterocycles. The van der Waals surface area contributed by atoms with Crippen molar-refractivity contribution >= 4 is 116 Å². The van der Waals surface area contributed by atoms with Crippen molar-refractivity contribution in [3.8, 4) is 23.0 Å². The first-order valence-electron chi connectivity index (χ1n) is 8.57. The van der Waals surface area contributed by atoms with E-state index in [2.05, 4.69) is 63.7 Å². The van der Waals surface area contributed by atoms with E-state index in [0.29, 0.717) is 20.1 Å². The Hall–Kier alpha value is 0.493. The molecular weight excluding hydrogens is 873 g/mol. The van der Waals surface area contributed by atoms with Crippen molar-refractivity contribution < 1.29 is 51.1 Å². The SMILES string of the molecule is O=C(O)c1c(Cl)c(Cl)c(Cl)c(Cl)c1C1c2cc(Br)c(O)c(Br)c2Oc2c1cc(Br)c(O)c2Br.[Zr]. The fourth-order valence-electron chi connectivity index (χ4n) is 3.56. The Bertz CT molecular complexity index is 1340. The maximum Gasteiger partial charge on any atom is 0.337 e. The number of carboxylic acid groups (broad SMARTS) is 1. The molecule has 0 aromatic heterocycles. The number of fused-ring (bicyclic) bond motifs is 2. The summed E-state index contributed by atoms with van der Waals surface area (Å²) in [6.07, 6.45) is 0. The van der Waals surface area contributed by atoms with Gasteiger partial charge in [0.15, 0.2) is 0 Å². The van der Waals surface area contributed by atoms with Crippen LogP contribution in [0.25, 0.3) is 0 Å². The Morgan fingerprint density at radius 1 is 0.794 bits per heavy atom. The Kier molecular flexibility index (Phi) is 9.14. The van der Waals surface area contributed by atoms with Crippen LogP contribution in [-0.4, -0.2) is 21.3 Å². The topological polar surface area (TPSA) is 87.0 Å². The molecule has 1 heterocycles. The zero-order valence-corrected chi connectivity index (χ0v) is 27.7. The summed E-state index contributed by atoms with van der Waals surface area (Å²) in [5.41, 5.74) is 0.577. The first-order chi connectivity index (χ1) is 15.4. The second-order valence-corrected chi connectivity index (χ2v) is 11.6. The van der Waals surface area contributed by atoms with Gasteiger partial charge in [-0.05, 0) is 75.9 Å². The molecule has 3 aromatic carbocycles. The summed E-state index contributed by atoms with van der Waals surface area (Å²) in [5, 5.41) is 30.2. The van der Waals surface area contributed by atoms with E-state index in [4.69, 9.17) is 51.1 Å². The number of rotatable bonds is 2. The predicted octanol–water partition coefficient (Wildman–Crippen LogP) is 9.74. The van der Waals surface area contributed by atoms with E-state index in [0.717, 1.165) is 0 Å². The number of carboxylic acids is 1. The molecule has 0 radical (unpaired) electrons. The number of aromatic hydroxyl groups is 2. The van der Waals surface area contributed by atoms with Gasteiger partial charge in [-0.2, -0.15) is 0 Å². The van der Waals surface area contributed by atoms with Gasteiger partial charge in [0.05, 0.1) is 34.6 Å². The van der Waals surface area contributed by atoms with Crippen molar-refractivity contribution in [1.82, 2.24) is 0 Å². The second-order valence-electron chi connectivity index (χ2n) is 6.76. The Balaban J connectivity index is 0.00000324. The number of carbonyl (C=O) groups is 1. The third-order valence-corrected chi connectivity index (χ3v) is 9.48. The molecular formula is C20H6Br4Cl4O5Zr. The number of halogens is 8. The van der Waals surface area contributed by atoms with Gasteiger partial charge < -0.3 is 20.1 Å². The summed E-state index contributed by atoms with van der Waals surface area (Å²) in [6, 6.07) is 3.13. The van der Waals surface area contributed by atoms with E-state index in [1.54, 1.807) is 12.1 Å². The van der Waals surface area contributed by atoms with Gasteiger partial charge in [0, 0.05) is 48.8 Å². The van der Waals surface area contributed by atoms with Crippen LogP contribution in [0.15, 0.2) is 30.0 Å². The molecule has 0 bridgehead atoms. The molecule has 0 aliphatic carbocycles. The molecule has 3 N–H and O–H groups in total. The number of hydrogen-bond acceptors (Lipinski definition) is 4. The summed E-state index contributed by atoms with van der Waals surface area (Å²) >= 11 is 38.6. The maximum atomic E-state index is 12.3. The van der Waals surface area contributed by atoms with Crippen LogP contribution in [0.3, 0.4) is 0 Å². The van der Waals surface area contributed by atoms with E-state index in [9.17, 15) is 20.1 Å². The normalized spacial score (nSPS) is 12.5. The fraction of sp³-hybridized carbons (Fsp3) is 0.0500. The first kappa shape index (κ1) is 29.1. The monoisotopic (exact) mass is 871 g/mol. The molecule has 4 rings (SSSR count). The number of benzene rings is 3. The van der Waals surface area contributed by atoms with Crippen LogP contribution in [0, 0.1) is 0 Å². The third-order valence-electron chi connectivity index (χ3n) is 4.99. The van der Waals surface area contributed by atoms with Gasteiger partial charge in [-0.1, -0.05) is 46.4 Å². The van der Waals surface area contributed by atoms with Crippen LogP contribution < -0.4 is 4.74 Å². The number of phenolic OH excluding ortho intramolecular Hbond substituents is 2. The van der Waals surface area contributed by atoms with Crippen molar-refractivity contribution in [3.63, 3.8) is 0 Å². The summed E-state index contributed by atoms with van der Waals surface area (Å²) in [4.78, 5) is 12.3. The predicted molar refractivity (Wildman–Crippen MR) is 141 cm³/mol. The van der Waals surface area contributed by atoms with Crippen LogP contribution in [0.4, 0.5) is 0 Å². The molecule has 5 nitrogen and oxygen atoms in total. The van der Waals surface area contributed by atoms with Crippen LogP contribution in [0.2, 0.25) is 20.1 Å². The molecule has 0 amide bonds. The van der Waals surface area contributed by atoms with Gasteiger partial charge in [0.2, 0.25) is 0 Å². The molecule has 34 heavy (non-hydrogen) atoms.